The molecule has 1 N–H and O–H groups in total. The molecule has 154 valence electrons. The van der Waals surface area contributed by atoms with E-state index in [1.165, 1.54) is 0 Å². The molecule has 3 aromatic rings. The number of carbonyl (C=O) groups excluding carboxylic acids is 2. The Labute approximate surface area is 185 Å². The van der Waals surface area contributed by atoms with Crippen molar-refractivity contribution in [1.82, 2.24) is 15.2 Å². The van der Waals surface area contributed by atoms with Crippen molar-refractivity contribution in [2.75, 3.05) is 6.54 Å². The summed E-state index contributed by atoms with van der Waals surface area (Å²) in [5.74, 6) is -0.203. The SMILES string of the molecule is Cc1ccccc1CN(Cc1cccnc1)C(=O)CCNC(=O)c1ccc(Br)cc1. The predicted octanol–water partition coefficient (Wildman–Crippen LogP) is 4.50. The van der Waals surface area contributed by atoms with Gasteiger partial charge < -0.3 is 10.2 Å². The van der Waals surface area contributed by atoms with Gasteiger partial charge in [0.2, 0.25) is 5.91 Å². The second-order valence-electron chi connectivity index (χ2n) is 7.05. The van der Waals surface area contributed by atoms with Crippen LogP contribution in [0.5, 0.6) is 0 Å². The Morgan fingerprint density at radius 2 is 1.77 bits per heavy atom. The van der Waals surface area contributed by atoms with E-state index in [-0.39, 0.29) is 24.8 Å². The highest BCUT2D eigenvalue weighted by Gasteiger charge is 2.16. The maximum Gasteiger partial charge on any atom is 0.251 e. The highest BCUT2D eigenvalue weighted by molar-refractivity contribution is 9.10. The van der Waals surface area contributed by atoms with Crippen molar-refractivity contribution in [3.05, 3.63) is 99.8 Å². The largest absolute Gasteiger partial charge is 0.352 e. The fraction of sp³-hybridized carbons (Fsp3) is 0.208. The molecule has 30 heavy (non-hydrogen) atoms. The summed E-state index contributed by atoms with van der Waals surface area (Å²) in [4.78, 5) is 31.2. The minimum absolute atomic E-state index is 0.0155. The van der Waals surface area contributed by atoms with Crippen LogP contribution in [0.3, 0.4) is 0 Å². The minimum Gasteiger partial charge on any atom is -0.352 e. The molecule has 0 saturated heterocycles. The molecule has 0 radical (unpaired) electrons. The molecule has 1 aromatic heterocycles. The molecule has 2 aromatic carbocycles. The molecule has 1 heterocycles. The molecule has 0 bridgehead atoms. The maximum atomic E-state index is 13.0. The van der Waals surface area contributed by atoms with Gasteiger partial charge in [0.25, 0.3) is 5.91 Å². The summed E-state index contributed by atoms with van der Waals surface area (Å²) in [5, 5.41) is 2.83. The molecule has 0 aliphatic carbocycles. The van der Waals surface area contributed by atoms with Gasteiger partial charge >= 0.3 is 0 Å². The van der Waals surface area contributed by atoms with Gasteiger partial charge in [-0.25, -0.2) is 0 Å². The van der Waals surface area contributed by atoms with Gasteiger partial charge in [0.05, 0.1) is 0 Å². The third-order valence-corrected chi connectivity index (χ3v) is 5.33. The number of aryl methyl sites for hydroxylation is 1. The van der Waals surface area contributed by atoms with Crippen molar-refractivity contribution < 1.29 is 9.59 Å². The standard InChI is InChI=1S/C24H24BrN3O2/c1-18-5-2-3-7-21(18)17-28(16-19-6-4-13-26-15-19)23(29)12-14-27-24(30)20-8-10-22(25)11-9-20/h2-11,13,15H,12,14,16-17H2,1H3,(H,27,30). The average molecular weight is 466 g/mol. The molecule has 6 heteroatoms. The Bertz CT molecular complexity index is 991. The third-order valence-electron chi connectivity index (χ3n) is 4.80. The molecular weight excluding hydrogens is 442 g/mol. The number of carbonyl (C=O) groups is 2. The highest BCUT2D eigenvalue weighted by atomic mass is 79.9. The Balaban J connectivity index is 1.63. The zero-order valence-corrected chi connectivity index (χ0v) is 18.4. The molecule has 0 atom stereocenters. The lowest BCUT2D eigenvalue weighted by atomic mass is 10.1. The number of amides is 2. The number of nitrogens with zero attached hydrogens (tertiary/aromatic N) is 2. The predicted molar refractivity (Wildman–Crippen MR) is 121 cm³/mol. The summed E-state index contributed by atoms with van der Waals surface area (Å²) in [7, 11) is 0. The fourth-order valence-electron chi connectivity index (χ4n) is 3.08. The van der Waals surface area contributed by atoms with Crippen LogP contribution in [-0.4, -0.2) is 28.2 Å². The lowest BCUT2D eigenvalue weighted by Crippen LogP contribution is -2.34. The van der Waals surface area contributed by atoms with E-state index in [0.29, 0.717) is 18.7 Å². The topological polar surface area (TPSA) is 62.3 Å². The molecule has 5 nitrogen and oxygen atoms in total. The highest BCUT2D eigenvalue weighted by Crippen LogP contribution is 2.14. The van der Waals surface area contributed by atoms with E-state index in [9.17, 15) is 9.59 Å². The van der Waals surface area contributed by atoms with Crippen LogP contribution in [-0.2, 0) is 17.9 Å². The van der Waals surface area contributed by atoms with E-state index in [1.807, 2.05) is 60.4 Å². The Morgan fingerprint density at radius 1 is 1.00 bits per heavy atom. The first kappa shape index (κ1) is 21.7. The zero-order valence-electron chi connectivity index (χ0n) is 16.8. The van der Waals surface area contributed by atoms with Gasteiger partial charge in [0, 0.05) is 48.5 Å². The summed E-state index contributed by atoms with van der Waals surface area (Å²) in [5.41, 5.74) is 3.79. The van der Waals surface area contributed by atoms with Gasteiger partial charge in [-0.15, -0.1) is 0 Å². The van der Waals surface area contributed by atoms with Crippen molar-refractivity contribution in [1.29, 1.82) is 0 Å². The van der Waals surface area contributed by atoms with Gasteiger partial charge in [-0.3, -0.25) is 14.6 Å². The molecule has 0 aliphatic rings. The van der Waals surface area contributed by atoms with Crippen LogP contribution in [0.25, 0.3) is 0 Å². The first-order chi connectivity index (χ1) is 14.5. The van der Waals surface area contributed by atoms with E-state index in [2.05, 4.69) is 26.2 Å². The van der Waals surface area contributed by atoms with E-state index in [0.717, 1.165) is 21.2 Å². The van der Waals surface area contributed by atoms with Crippen molar-refractivity contribution >= 4 is 27.7 Å². The summed E-state index contributed by atoms with van der Waals surface area (Å²) in [6.45, 7) is 3.31. The number of aromatic nitrogens is 1. The van der Waals surface area contributed by atoms with Crippen LogP contribution in [0.1, 0.15) is 33.5 Å². The molecule has 0 saturated carbocycles. The number of nitrogens with one attached hydrogen (secondary N) is 1. The van der Waals surface area contributed by atoms with Crippen LogP contribution in [0.2, 0.25) is 0 Å². The maximum absolute atomic E-state index is 13.0. The second kappa shape index (κ2) is 10.7. The second-order valence-corrected chi connectivity index (χ2v) is 7.97. The minimum atomic E-state index is -0.187. The summed E-state index contributed by atoms with van der Waals surface area (Å²) >= 11 is 3.36. The van der Waals surface area contributed by atoms with Crippen molar-refractivity contribution in [3.8, 4) is 0 Å². The fourth-order valence-corrected chi connectivity index (χ4v) is 3.35. The van der Waals surface area contributed by atoms with Crippen molar-refractivity contribution in [3.63, 3.8) is 0 Å². The molecule has 0 fully saturated rings. The Morgan fingerprint density at radius 3 is 2.47 bits per heavy atom. The van der Waals surface area contributed by atoms with E-state index >= 15 is 0 Å². The lowest BCUT2D eigenvalue weighted by Gasteiger charge is -2.24. The first-order valence-electron chi connectivity index (χ1n) is 9.78. The van der Waals surface area contributed by atoms with Gasteiger partial charge in [0.1, 0.15) is 0 Å². The number of rotatable bonds is 8. The van der Waals surface area contributed by atoms with E-state index in [4.69, 9.17) is 0 Å². The monoisotopic (exact) mass is 465 g/mol. The summed E-state index contributed by atoms with van der Waals surface area (Å²) < 4.78 is 0.913. The number of halogens is 1. The van der Waals surface area contributed by atoms with Crippen molar-refractivity contribution in [2.24, 2.45) is 0 Å². The molecule has 0 aliphatic heterocycles. The molecule has 0 unspecified atom stereocenters. The van der Waals surface area contributed by atoms with E-state index < -0.39 is 0 Å². The van der Waals surface area contributed by atoms with Crippen molar-refractivity contribution in [2.45, 2.75) is 26.4 Å². The number of pyridine rings is 1. The van der Waals surface area contributed by atoms with Crippen LogP contribution in [0.15, 0.2) is 77.5 Å². The van der Waals surface area contributed by atoms with E-state index in [1.54, 1.807) is 24.5 Å². The van der Waals surface area contributed by atoms with Crippen LogP contribution in [0.4, 0.5) is 0 Å². The number of hydrogen-bond donors (Lipinski definition) is 1. The number of hydrogen-bond acceptors (Lipinski definition) is 3. The zero-order chi connectivity index (χ0) is 21.3. The Hall–Kier alpha value is -2.99. The van der Waals surface area contributed by atoms with Crippen LogP contribution in [0, 0.1) is 6.92 Å². The molecular formula is C24H24BrN3O2. The molecule has 0 spiro atoms. The van der Waals surface area contributed by atoms with Crippen LogP contribution >= 0.6 is 15.9 Å². The number of benzene rings is 2. The van der Waals surface area contributed by atoms with Gasteiger partial charge in [-0.2, -0.15) is 0 Å². The first-order valence-corrected chi connectivity index (χ1v) is 10.6. The van der Waals surface area contributed by atoms with Gasteiger partial charge in [-0.1, -0.05) is 46.3 Å². The summed E-state index contributed by atoms with van der Waals surface area (Å²) in [6.07, 6.45) is 3.72. The average Bonchev–Trinajstić information content (AvgIpc) is 2.76. The lowest BCUT2D eigenvalue weighted by molar-refractivity contribution is -0.132. The Kier molecular flexibility index (Phi) is 7.74. The third kappa shape index (κ3) is 6.26. The van der Waals surface area contributed by atoms with Crippen LogP contribution < -0.4 is 5.32 Å². The molecule has 2 amide bonds. The molecule has 3 rings (SSSR count). The smallest absolute Gasteiger partial charge is 0.251 e. The quantitative estimate of drug-likeness (QED) is 0.532. The van der Waals surface area contributed by atoms with Gasteiger partial charge in [0.15, 0.2) is 0 Å². The van der Waals surface area contributed by atoms with Gasteiger partial charge in [-0.05, 0) is 53.9 Å². The summed E-state index contributed by atoms with van der Waals surface area (Å²) in [6, 6.07) is 19.0. The normalized spacial score (nSPS) is 10.5.